The van der Waals surface area contributed by atoms with Crippen LogP contribution in [0.15, 0.2) is 18.2 Å². The Kier molecular flexibility index (Phi) is 5.01. The van der Waals surface area contributed by atoms with Crippen molar-refractivity contribution in [3.05, 3.63) is 32.4 Å². The molecule has 0 heterocycles. The molecule has 3 N–H and O–H groups in total. The first-order valence-corrected chi connectivity index (χ1v) is 5.54. The highest BCUT2D eigenvalue weighted by molar-refractivity contribution is 14.1. The highest BCUT2D eigenvalue weighted by atomic mass is 127. The topological polar surface area (TPSA) is 38.0 Å². The van der Waals surface area contributed by atoms with Gasteiger partial charge < -0.3 is 11.1 Å². The van der Waals surface area contributed by atoms with Gasteiger partial charge in [-0.05, 0) is 40.3 Å². The summed E-state index contributed by atoms with van der Waals surface area (Å²) in [6.45, 7) is 2.33. The predicted molar refractivity (Wildman–Crippen MR) is 64.9 cm³/mol. The Bertz CT molecular complexity index is 278. The lowest BCUT2D eigenvalue weighted by molar-refractivity contribution is 0.695. The van der Waals surface area contributed by atoms with E-state index >= 15 is 0 Å². The summed E-state index contributed by atoms with van der Waals surface area (Å²) in [4.78, 5) is 0. The SMILES string of the molecule is NCCNCc1ccc(I)c(Cl)c1. The molecule has 4 heteroatoms. The first-order valence-electron chi connectivity index (χ1n) is 4.08. The molecule has 0 amide bonds. The number of nitrogens with one attached hydrogen (secondary N) is 1. The van der Waals surface area contributed by atoms with E-state index in [0.717, 1.165) is 21.7 Å². The summed E-state index contributed by atoms with van der Waals surface area (Å²) >= 11 is 8.18. The van der Waals surface area contributed by atoms with E-state index in [0.29, 0.717) is 6.54 Å². The fourth-order valence-electron chi connectivity index (χ4n) is 0.984. The van der Waals surface area contributed by atoms with E-state index in [-0.39, 0.29) is 0 Å². The summed E-state index contributed by atoms with van der Waals surface area (Å²) in [6.07, 6.45) is 0. The zero-order chi connectivity index (χ0) is 9.68. The molecule has 0 aliphatic heterocycles. The third kappa shape index (κ3) is 3.81. The first-order chi connectivity index (χ1) is 6.24. The number of halogens is 2. The van der Waals surface area contributed by atoms with Crippen molar-refractivity contribution in [1.29, 1.82) is 0 Å². The van der Waals surface area contributed by atoms with Crippen LogP contribution >= 0.6 is 34.2 Å². The van der Waals surface area contributed by atoms with Crippen molar-refractivity contribution in [3.8, 4) is 0 Å². The summed E-state index contributed by atoms with van der Waals surface area (Å²) in [7, 11) is 0. The molecule has 0 saturated heterocycles. The van der Waals surface area contributed by atoms with Crippen LogP contribution in [-0.4, -0.2) is 13.1 Å². The smallest absolute Gasteiger partial charge is 0.0542 e. The molecule has 0 unspecified atom stereocenters. The maximum Gasteiger partial charge on any atom is 0.0542 e. The van der Waals surface area contributed by atoms with Gasteiger partial charge in [0.05, 0.1) is 5.02 Å². The lowest BCUT2D eigenvalue weighted by Gasteiger charge is -2.04. The molecule has 2 nitrogen and oxygen atoms in total. The number of rotatable bonds is 4. The Morgan fingerprint density at radius 1 is 1.46 bits per heavy atom. The van der Waals surface area contributed by atoms with Gasteiger partial charge in [0, 0.05) is 23.2 Å². The van der Waals surface area contributed by atoms with Crippen LogP contribution in [0.3, 0.4) is 0 Å². The molecular weight excluding hydrogens is 298 g/mol. The van der Waals surface area contributed by atoms with Gasteiger partial charge in [-0.15, -0.1) is 0 Å². The summed E-state index contributed by atoms with van der Waals surface area (Å²) in [6, 6.07) is 6.06. The highest BCUT2D eigenvalue weighted by Crippen LogP contribution is 2.19. The van der Waals surface area contributed by atoms with Crippen molar-refractivity contribution in [2.75, 3.05) is 13.1 Å². The second-order valence-corrected chi connectivity index (χ2v) is 4.28. The Morgan fingerprint density at radius 3 is 2.85 bits per heavy atom. The molecule has 0 radical (unpaired) electrons. The van der Waals surface area contributed by atoms with Gasteiger partial charge in [0.15, 0.2) is 0 Å². The van der Waals surface area contributed by atoms with Crippen molar-refractivity contribution >= 4 is 34.2 Å². The summed E-state index contributed by atoms with van der Waals surface area (Å²) in [5, 5.41) is 4.02. The minimum atomic E-state index is 0.665. The second kappa shape index (κ2) is 5.80. The molecule has 1 aromatic carbocycles. The normalized spacial score (nSPS) is 10.4. The van der Waals surface area contributed by atoms with Gasteiger partial charge >= 0.3 is 0 Å². The third-order valence-corrected chi connectivity index (χ3v) is 3.21. The van der Waals surface area contributed by atoms with Crippen LogP contribution in [0.25, 0.3) is 0 Å². The standard InChI is InChI=1S/C9H12ClIN2/c10-8-5-7(1-2-9(8)11)6-13-4-3-12/h1-2,5,13H,3-4,6,12H2. The fraction of sp³-hybridized carbons (Fsp3) is 0.333. The van der Waals surface area contributed by atoms with Crippen molar-refractivity contribution in [1.82, 2.24) is 5.32 Å². The molecular formula is C9H12ClIN2. The van der Waals surface area contributed by atoms with Crippen molar-refractivity contribution in [3.63, 3.8) is 0 Å². The lowest BCUT2D eigenvalue weighted by Crippen LogP contribution is -2.21. The summed E-state index contributed by atoms with van der Waals surface area (Å²) in [5.74, 6) is 0. The minimum Gasteiger partial charge on any atom is -0.329 e. The van der Waals surface area contributed by atoms with Gasteiger partial charge in [-0.3, -0.25) is 0 Å². The van der Waals surface area contributed by atoms with Gasteiger partial charge in [-0.25, -0.2) is 0 Å². The van der Waals surface area contributed by atoms with Gasteiger partial charge in [0.2, 0.25) is 0 Å². The van der Waals surface area contributed by atoms with Crippen molar-refractivity contribution in [2.24, 2.45) is 5.73 Å². The molecule has 0 aliphatic rings. The molecule has 0 atom stereocenters. The number of hydrogen-bond acceptors (Lipinski definition) is 2. The highest BCUT2D eigenvalue weighted by Gasteiger charge is 1.97. The van der Waals surface area contributed by atoms with E-state index in [1.165, 1.54) is 5.56 Å². The van der Waals surface area contributed by atoms with Crippen LogP contribution in [-0.2, 0) is 6.54 Å². The van der Waals surface area contributed by atoms with Crippen LogP contribution in [0.2, 0.25) is 5.02 Å². The van der Waals surface area contributed by atoms with E-state index in [1.807, 2.05) is 12.1 Å². The number of benzene rings is 1. The minimum absolute atomic E-state index is 0.665. The molecule has 1 rings (SSSR count). The Hall–Kier alpha value is 0.160. The number of hydrogen-bond donors (Lipinski definition) is 2. The molecule has 0 fully saturated rings. The van der Waals surface area contributed by atoms with Gasteiger partial charge in [0.1, 0.15) is 0 Å². The van der Waals surface area contributed by atoms with Crippen LogP contribution in [0.4, 0.5) is 0 Å². The van der Waals surface area contributed by atoms with Crippen molar-refractivity contribution in [2.45, 2.75) is 6.54 Å². The van der Waals surface area contributed by atoms with Crippen LogP contribution < -0.4 is 11.1 Å². The Balaban J connectivity index is 2.53. The second-order valence-electron chi connectivity index (χ2n) is 2.71. The van der Waals surface area contributed by atoms with Crippen molar-refractivity contribution < 1.29 is 0 Å². The molecule has 0 aliphatic carbocycles. The molecule has 0 spiro atoms. The average molecular weight is 311 g/mol. The first kappa shape index (κ1) is 11.2. The van der Waals surface area contributed by atoms with Gasteiger partial charge in [0.25, 0.3) is 0 Å². The van der Waals surface area contributed by atoms with E-state index in [4.69, 9.17) is 17.3 Å². The fourth-order valence-corrected chi connectivity index (χ4v) is 1.52. The molecule has 0 bridgehead atoms. The van der Waals surface area contributed by atoms with Gasteiger partial charge in [-0.2, -0.15) is 0 Å². The van der Waals surface area contributed by atoms with E-state index in [9.17, 15) is 0 Å². The third-order valence-electron chi connectivity index (χ3n) is 1.63. The zero-order valence-corrected chi connectivity index (χ0v) is 10.1. The monoisotopic (exact) mass is 310 g/mol. The largest absolute Gasteiger partial charge is 0.329 e. The molecule has 0 saturated carbocycles. The Morgan fingerprint density at radius 2 is 2.23 bits per heavy atom. The van der Waals surface area contributed by atoms with E-state index < -0.39 is 0 Å². The predicted octanol–water partition coefficient (Wildman–Crippen LogP) is 1.99. The molecule has 0 aromatic heterocycles. The maximum atomic E-state index is 5.97. The van der Waals surface area contributed by atoms with E-state index in [1.54, 1.807) is 0 Å². The number of nitrogens with two attached hydrogens (primary N) is 1. The molecule has 1 aromatic rings. The summed E-state index contributed by atoms with van der Waals surface area (Å²) < 4.78 is 1.09. The Labute approximate surface area is 97.0 Å². The zero-order valence-electron chi connectivity index (χ0n) is 7.19. The molecule has 13 heavy (non-hydrogen) atoms. The van der Waals surface area contributed by atoms with Gasteiger partial charge in [-0.1, -0.05) is 17.7 Å². The lowest BCUT2D eigenvalue weighted by atomic mass is 10.2. The quantitative estimate of drug-likeness (QED) is 0.659. The van der Waals surface area contributed by atoms with Crippen LogP contribution in [0.1, 0.15) is 5.56 Å². The maximum absolute atomic E-state index is 5.97. The van der Waals surface area contributed by atoms with Crippen LogP contribution in [0, 0.1) is 3.57 Å². The molecule has 72 valence electrons. The van der Waals surface area contributed by atoms with E-state index in [2.05, 4.69) is 34.0 Å². The van der Waals surface area contributed by atoms with Crippen LogP contribution in [0.5, 0.6) is 0 Å². The summed E-state index contributed by atoms with van der Waals surface area (Å²) in [5.41, 5.74) is 6.55. The average Bonchev–Trinajstić information content (AvgIpc) is 2.12.